The number of halogens is 1. The molecule has 0 spiro atoms. The molecule has 0 radical (unpaired) electrons. The number of rotatable bonds is 11. The number of nitrogens with zero attached hydrogens (tertiary/aromatic N) is 2. The molecule has 0 aromatic heterocycles. The number of hydrogen-bond donors (Lipinski definition) is 0. The van der Waals surface area contributed by atoms with Gasteiger partial charge in [-0.3, -0.25) is 4.79 Å². The first-order valence-corrected chi connectivity index (χ1v) is 14.0. The summed E-state index contributed by atoms with van der Waals surface area (Å²) < 4.78 is 14.6. The Morgan fingerprint density at radius 2 is 1.70 bits per heavy atom. The molecule has 1 saturated heterocycles. The first-order chi connectivity index (χ1) is 17.8. The molecule has 2 atom stereocenters. The molecule has 4 heteroatoms. The zero-order valence-electron chi connectivity index (χ0n) is 24.5. The van der Waals surface area contributed by atoms with E-state index in [2.05, 4.69) is 57.0 Å². The molecule has 0 amide bonds. The number of carbonyl (C=O) groups is 1. The Morgan fingerprint density at radius 1 is 1.03 bits per heavy atom. The summed E-state index contributed by atoms with van der Waals surface area (Å²) in [5.41, 5.74) is 5.40. The number of allylic oxidation sites excluding steroid dienone is 8. The van der Waals surface area contributed by atoms with E-state index in [1.807, 2.05) is 63.1 Å². The van der Waals surface area contributed by atoms with Crippen molar-refractivity contribution in [1.29, 1.82) is 0 Å². The lowest BCUT2D eigenvalue weighted by atomic mass is 10.0. The van der Waals surface area contributed by atoms with Crippen molar-refractivity contribution in [2.75, 3.05) is 7.05 Å². The molecule has 204 valence electrons. The van der Waals surface area contributed by atoms with Gasteiger partial charge in [0.25, 0.3) is 0 Å². The number of benzene rings is 1. The Bertz CT molecular complexity index is 985. The molecule has 0 saturated carbocycles. The molecule has 0 bridgehead atoms. The summed E-state index contributed by atoms with van der Waals surface area (Å²) in [6, 6.07) is 9.83. The molecule has 0 N–H and O–H groups in total. The van der Waals surface area contributed by atoms with Gasteiger partial charge >= 0.3 is 0 Å². The second-order valence-electron chi connectivity index (χ2n) is 9.43. The summed E-state index contributed by atoms with van der Waals surface area (Å²) in [6.07, 6.45) is 13.9. The maximum Gasteiger partial charge on any atom is 0.180 e. The first kappa shape index (κ1) is 32.3. The fourth-order valence-electron chi connectivity index (χ4n) is 4.40. The van der Waals surface area contributed by atoms with Crippen LogP contribution in [0, 0.1) is 0 Å². The van der Waals surface area contributed by atoms with Crippen molar-refractivity contribution >= 4 is 11.6 Å². The maximum atomic E-state index is 14.6. The zero-order chi connectivity index (χ0) is 27.8. The van der Waals surface area contributed by atoms with Gasteiger partial charge in [0.15, 0.2) is 12.0 Å². The van der Waals surface area contributed by atoms with Gasteiger partial charge < -0.3 is 4.90 Å². The standard InChI is InChI=1S/C19H25FN2O.C14H24/c1-5-13(3)18(17(23)6-2)21-19-15(20)12-16(22(19)4)14-10-8-7-9-11-14;1-5-9-12-13(8-4)14(10-6-2)11-7-3/h7-11,15-16H,5-6,12H2,1-4H3;6,9-10,12H,5,7-8,11H2,1-4H3/b;10-6-,12-9+,14-13+. The van der Waals surface area contributed by atoms with E-state index >= 15 is 0 Å². The molecule has 1 fully saturated rings. The van der Waals surface area contributed by atoms with E-state index in [4.69, 9.17) is 0 Å². The van der Waals surface area contributed by atoms with Crippen LogP contribution in [0.3, 0.4) is 0 Å². The number of carbonyl (C=O) groups excluding carboxylic acids is 1. The van der Waals surface area contributed by atoms with Gasteiger partial charge in [-0.15, -0.1) is 0 Å². The summed E-state index contributed by atoms with van der Waals surface area (Å²) in [7, 11) is 1.85. The summed E-state index contributed by atoms with van der Waals surface area (Å²) in [5.74, 6) is 0.337. The van der Waals surface area contributed by atoms with Crippen molar-refractivity contribution in [3.05, 3.63) is 82.6 Å². The highest BCUT2D eigenvalue weighted by Gasteiger charge is 2.36. The fourth-order valence-corrected chi connectivity index (χ4v) is 4.40. The molecule has 1 aromatic carbocycles. The van der Waals surface area contributed by atoms with E-state index in [0.29, 0.717) is 24.4 Å². The highest BCUT2D eigenvalue weighted by atomic mass is 19.1. The number of ketones is 1. The third-order valence-corrected chi connectivity index (χ3v) is 6.71. The van der Waals surface area contributed by atoms with Gasteiger partial charge in [-0.2, -0.15) is 0 Å². The largest absolute Gasteiger partial charge is 0.353 e. The van der Waals surface area contributed by atoms with Crippen molar-refractivity contribution in [2.24, 2.45) is 4.99 Å². The van der Waals surface area contributed by atoms with Crippen LogP contribution in [0.25, 0.3) is 0 Å². The Hall–Kier alpha value is -2.75. The van der Waals surface area contributed by atoms with Gasteiger partial charge in [-0.05, 0) is 61.8 Å². The molecule has 0 aliphatic carbocycles. The average molecular weight is 509 g/mol. The minimum absolute atomic E-state index is 0.0272. The Balaban J connectivity index is 0.000000422. The van der Waals surface area contributed by atoms with Crippen LogP contribution in [0.5, 0.6) is 0 Å². The molecule has 1 aliphatic heterocycles. The van der Waals surface area contributed by atoms with Gasteiger partial charge in [0.05, 0.1) is 6.04 Å². The fraction of sp³-hybridized carbons (Fsp3) is 0.515. The number of amidine groups is 1. The van der Waals surface area contributed by atoms with Crippen molar-refractivity contribution in [3.63, 3.8) is 0 Å². The number of alkyl halides is 1. The van der Waals surface area contributed by atoms with E-state index in [9.17, 15) is 9.18 Å². The second kappa shape index (κ2) is 17.7. The summed E-state index contributed by atoms with van der Waals surface area (Å²) >= 11 is 0. The molecule has 1 heterocycles. The summed E-state index contributed by atoms with van der Waals surface area (Å²) in [5, 5.41) is 0. The Labute approximate surface area is 226 Å². The van der Waals surface area contributed by atoms with E-state index < -0.39 is 6.17 Å². The lowest BCUT2D eigenvalue weighted by Gasteiger charge is -2.22. The van der Waals surface area contributed by atoms with Crippen LogP contribution in [0.1, 0.15) is 105 Å². The average Bonchev–Trinajstić information content (AvgIpc) is 3.20. The number of hydrogen-bond acceptors (Lipinski definition) is 2. The van der Waals surface area contributed by atoms with Crippen LogP contribution in [0.2, 0.25) is 0 Å². The van der Waals surface area contributed by atoms with Crippen LogP contribution in [-0.2, 0) is 4.79 Å². The first-order valence-electron chi connectivity index (χ1n) is 14.0. The number of Topliss-reactive ketones (excluding diaryl/α,β-unsaturated/α-hetero) is 1. The minimum Gasteiger partial charge on any atom is -0.353 e. The topological polar surface area (TPSA) is 32.7 Å². The predicted molar refractivity (Wildman–Crippen MR) is 159 cm³/mol. The molecule has 37 heavy (non-hydrogen) atoms. The highest BCUT2D eigenvalue weighted by molar-refractivity contribution is 6.00. The van der Waals surface area contributed by atoms with Crippen LogP contribution >= 0.6 is 0 Å². The smallest absolute Gasteiger partial charge is 0.180 e. The van der Waals surface area contributed by atoms with E-state index in [1.165, 1.54) is 24.0 Å². The summed E-state index contributed by atoms with van der Waals surface area (Å²) in [6.45, 7) is 14.4. The van der Waals surface area contributed by atoms with Crippen LogP contribution in [0.4, 0.5) is 4.39 Å². The third-order valence-electron chi connectivity index (χ3n) is 6.71. The lowest BCUT2D eigenvalue weighted by molar-refractivity contribution is -0.115. The van der Waals surface area contributed by atoms with Crippen LogP contribution in [-0.4, -0.2) is 29.7 Å². The van der Waals surface area contributed by atoms with E-state index in [-0.39, 0.29) is 11.8 Å². The van der Waals surface area contributed by atoms with Gasteiger partial charge in [0.1, 0.15) is 11.5 Å². The van der Waals surface area contributed by atoms with Gasteiger partial charge in [0, 0.05) is 19.9 Å². The molecule has 1 aromatic rings. The quantitative estimate of drug-likeness (QED) is 0.220. The van der Waals surface area contributed by atoms with Gasteiger partial charge in [0.2, 0.25) is 0 Å². The zero-order valence-corrected chi connectivity index (χ0v) is 24.5. The predicted octanol–water partition coefficient (Wildman–Crippen LogP) is 9.50. The summed E-state index contributed by atoms with van der Waals surface area (Å²) in [4.78, 5) is 18.5. The second-order valence-corrected chi connectivity index (χ2v) is 9.43. The van der Waals surface area contributed by atoms with Crippen molar-refractivity contribution < 1.29 is 9.18 Å². The normalized spacial score (nSPS) is 20.2. The Kier molecular flexibility index (Phi) is 15.4. The lowest BCUT2D eigenvalue weighted by Crippen LogP contribution is -2.26. The molecule has 2 unspecified atom stereocenters. The monoisotopic (exact) mass is 508 g/mol. The Morgan fingerprint density at radius 3 is 2.22 bits per heavy atom. The molecule has 1 aliphatic rings. The van der Waals surface area contributed by atoms with Crippen molar-refractivity contribution in [3.8, 4) is 0 Å². The SMILES string of the molecule is CCC(=O)C(N=C1C(F)CC(c2ccccc2)N1C)=C(C)CC.C\C=C/C(CCC)=C(\C=C\CC)CC. The molecule has 2 rings (SSSR count). The van der Waals surface area contributed by atoms with Crippen molar-refractivity contribution in [1.82, 2.24) is 4.90 Å². The molecular weight excluding hydrogens is 459 g/mol. The molecule has 3 nitrogen and oxygen atoms in total. The van der Waals surface area contributed by atoms with Gasteiger partial charge in [-0.1, -0.05) is 95.7 Å². The maximum absolute atomic E-state index is 14.6. The van der Waals surface area contributed by atoms with E-state index in [1.54, 1.807) is 0 Å². The van der Waals surface area contributed by atoms with E-state index in [0.717, 1.165) is 30.4 Å². The highest BCUT2D eigenvalue weighted by Crippen LogP contribution is 2.34. The van der Waals surface area contributed by atoms with Crippen LogP contribution < -0.4 is 0 Å². The van der Waals surface area contributed by atoms with Gasteiger partial charge in [-0.25, -0.2) is 9.38 Å². The minimum atomic E-state index is -1.14. The third kappa shape index (κ3) is 9.91. The number of likely N-dealkylation sites (tertiary alicyclic amines) is 1. The molecular formula is C33H49FN2O. The number of aliphatic imine (C=N–C) groups is 1. The van der Waals surface area contributed by atoms with Crippen molar-refractivity contribution in [2.45, 2.75) is 106 Å². The van der Waals surface area contributed by atoms with Crippen LogP contribution in [0.15, 0.2) is 82.0 Å².